The van der Waals surface area contributed by atoms with Gasteiger partial charge in [0.1, 0.15) is 6.10 Å². The van der Waals surface area contributed by atoms with Crippen LogP contribution in [0, 0.1) is 12.3 Å². The largest absolute Gasteiger partial charge is 0.416 e. The van der Waals surface area contributed by atoms with E-state index in [2.05, 4.69) is 27.7 Å². The fourth-order valence-corrected chi connectivity index (χ4v) is 5.17. The predicted molar refractivity (Wildman–Crippen MR) is 136 cm³/mol. The predicted octanol–water partition coefficient (Wildman–Crippen LogP) is 8.47. The van der Waals surface area contributed by atoms with Crippen LogP contribution in [-0.4, -0.2) is 16.7 Å². The van der Waals surface area contributed by atoms with E-state index in [-0.39, 0.29) is 17.4 Å². The Morgan fingerprint density at radius 3 is 2.26 bits per heavy atom. The van der Waals surface area contributed by atoms with Gasteiger partial charge in [-0.25, -0.2) is 0 Å². The van der Waals surface area contributed by atoms with Crippen molar-refractivity contribution in [3.63, 3.8) is 0 Å². The Kier molecular flexibility index (Phi) is 9.95. The van der Waals surface area contributed by atoms with Crippen molar-refractivity contribution in [3.8, 4) is 0 Å². The van der Waals surface area contributed by atoms with Crippen LogP contribution < -0.4 is 0 Å². The van der Waals surface area contributed by atoms with Gasteiger partial charge in [0.25, 0.3) is 0 Å². The summed E-state index contributed by atoms with van der Waals surface area (Å²) < 4.78 is 45.2. The minimum Gasteiger partial charge on any atom is -0.384 e. The molecule has 196 valence electrons. The molecule has 3 rings (SSSR count). The van der Waals surface area contributed by atoms with E-state index in [0.29, 0.717) is 17.7 Å². The minimum atomic E-state index is -4.41. The lowest BCUT2D eigenvalue weighted by Crippen LogP contribution is -2.30. The number of aliphatic hydroxyl groups is 1. The van der Waals surface area contributed by atoms with E-state index in [9.17, 15) is 18.3 Å². The Hall–Kier alpha value is -1.92. The lowest BCUT2D eigenvalue weighted by Gasteiger charge is -2.38. The summed E-state index contributed by atoms with van der Waals surface area (Å²) in [4.78, 5) is 5.10. The normalized spacial score (nSPS) is 18.8. The lowest BCUT2D eigenvalue weighted by atomic mass is 9.72. The molecule has 0 amide bonds. The van der Waals surface area contributed by atoms with Gasteiger partial charge in [-0.2, -0.15) is 13.2 Å². The summed E-state index contributed by atoms with van der Waals surface area (Å²) in [5.41, 5.74) is 4.30. The van der Waals surface area contributed by atoms with Crippen LogP contribution in [-0.2, 0) is 17.3 Å². The number of pyridine rings is 1. The summed E-state index contributed by atoms with van der Waals surface area (Å²) in [6.45, 7) is 17.2. The second-order valence-corrected chi connectivity index (χ2v) is 10.1. The smallest absolute Gasteiger partial charge is 0.384 e. The van der Waals surface area contributed by atoms with Crippen LogP contribution >= 0.6 is 0 Å². The Morgan fingerprint density at radius 1 is 1.14 bits per heavy atom. The zero-order valence-electron chi connectivity index (χ0n) is 22.5. The van der Waals surface area contributed by atoms with Crippen LogP contribution in [0.4, 0.5) is 13.2 Å². The molecule has 0 saturated carbocycles. The highest BCUT2D eigenvalue weighted by Gasteiger charge is 2.38. The number of ether oxygens (including phenoxy) is 1. The Labute approximate surface area is 209 Å². The molecule has 35 heavy (non-hydrogen) atoms. The van der Waals surface area contributed by atoms with Crippen LogP contribution in [0.15, 0.2) is 24.3 Å². The maximum atomic E-state index is 13.0. The first-order chi connectivity index (χ1) is 16.4. The highest BCUT2D eigenvalue weighted by molar-refractivity contribution is 5.48. The number of hydrogen-bond donors (Lipinski definition) is 1. The zero-order valence-corrected chi connectivity index (χ0v) is 22.5. The van der Waals surface area contributed by atoms with Crippen molar-refractivity contribution in [1.29, 1.82) is 0 Å². The van der Waals surface area contributed by atoms with Crippen LogP contribution in [0.25, 0.3) is 0 Å². The van der Waals surface area contributed by atoms with E-state index in [1.54, 1.807) is 0 Å². The third-order valence-electron chi connectivity index (χ3n) is 6.74. The van der Waals surface area contributed by atoms with Crippen molar-refractivity contribution >= 4 is 0 Å². The van der Waals surface area contributed by atoms with Gasteiger partial charge in [0.05, 0.1) is 11.7 Å². The fraction of sp³-hybridized carbons (Fsp3) is 0.621. The number of halogens is 3. The summed E-state index contributed by atoms with van der Waals surface area (Å²) in [5.74, 6) is 0.119. The van der Waals surface area contributed by atoms with Gasteiger partial charge in [-0.15, -0.1) is 0 Å². The molecule has 1 aromatic heterocycles. The molecule has 0 saturated heterocycles. The van der Waals surface area contributed by atoms with Crippen molar-refractivity contribution in [2.24, 2.45) is 5.41 Å². The first kappa shape index (κ1) is 29.3. The van der Waals surface area contributed by atoms with Crippen molar-refractivity contribution < 1.29 is 23.0 Å². The van der Waals surface area contributed by atoms with Gasteiger partial charge in [-0.3, -0.25) is 4.98 Å². The molecule has 0 fully saturated rings. The molecule has 1 aromatic carbocycles. The van der Waals surface area contributed by atoms with Crippen LogP contribution in [0.1, 0.15) is 125 Å². The van der Waals surface area contributed by atoms with E-state index >= 15 is 0 Å². The fourth-order valence-electron chi connectivity index (χ4n) is 5.17. The molecule has 1 heterocycles. The maximum absolute atomic E-state index is 13.0. The summed E-state index contributed by atoms with van der Waals surface area (Å²) in [7, 11) is 0. The molecular formula is C29H42F3NO2. The van der Waals surface area contributed by atoms with Gasteiger partial charge < -0.3 is 9.84 Å². The highest BCUT2D eigenvalue weighted by Crippen LogP contribution is 2.46. The van der Waals surface area contributed by atoms with E-state index < -0.39 is 17.8 Å². The first-order valence-corrected chi connectivity index (χ1v) is 12.9. The number of fused-ring (bicyclic) bond motifs is 1. The number of rotatable bonds is 7. The molecule has 0 spiro atoms. The molecule has 0 radical (unpaired) electrons. The monoisotopic (exact) mass is 493 g/mol. The molecule has 6 heteroatoms. The summed E-state index contributed by atoms with van der Waals surface area (Å²) in [5, 5.41) is 11.4. The number of benzene rings is 1. The average Bonchev–Trinajstić information content (AvgIpc) is 2.78. The van der Waals surface area contributed by atoms with E-state index in [0.717, 1.165) is 60.3 Å². The van der Waals surface area contributed by atoms with Gasteiger partial charge in [-0.05, 0) is 67.7 Å². The molecular weight excluding hydrogens is 451 g/mol. The topological polar surface area (TPSA) is 42.4 Å². The van der Waals surface area contributed by atoms with Crippen molar-refractivity contribution in [2.45, 2.75) is 105 Å². The van der Waals surface area contributed by atoms with Crippen molar-refractivity contribution in [3.05, 3.63) is 63.5 Å². The molecule has 1 aliphatic carbocycles. The lowest BCUT2D eigenvalue weighted by molar-refractivity contribution is -0.137. The molecule has 2 aromatic rings. The Bertz CT molecular complexity index is 967. The summed E-state index contributed by atoms with van der Waals surface area (Å²) in [6.07, 6.45) is -2.01. The second kappa shape index (κ2) is 11.9. The van der Waals surface area contributed by atoms with Crippen LogP contribution in [0.3, 0.4) is 0 Å². The van der Waals surface area contributed by atoms with Crippen molar-refractivity contribution in [1.82, 2.24) is 4.98 Å². The van der Waals surface area contributed by atoms with Gasteiger partial charge in [-0.1, -0.05) is 60.1 Å². The Morgan fingerprint density at radius 2 is 1.74 bits per heavy atom. The molecule has 0 aliphatic heterocycles. The van der Waals surface area contributed by atoms with Crippen LogP contribution in [0.5, 0.6) is 0 Å². The molecule has 1 N–H and O–H groups in total. The molecule has 2 unspecified atom stereocenters. The highest BCUT2D eigenvalue weighted by atomic mass is 19.4. The summed E-state index contributed by atoms with van der Waals surface area (Å²) >= 11 is 0. The minimum absolute atomic E-state index is 0.0467. The molecule has 1 aliphatic rings. The third-order valence-corrected chi connectivity index (χ3v) is 6.74. The van der Waals surface area contributed by atoms with E-state index in [4.69, 9.17) is 9.72 Å². The second-order valence-electron chi connectivity index (χ2n) is 10.1. The van der Waals surface area contributed by atoms with Crippen LogP contribution in [0.2, 0.25) is 0 Å². The van der Waals surface area contributed by atoms with Gasteiger partial charge >= 0.3 is 6.18 Å². The number of nitrogens with zero attached hydrogens (tertiary/aromatic N) is 1. The quantitative estimate of drug-likeness (QED) is 0.421. The summed E-state index contributed by atoms with van der Waals surface area (Å²) in [6, 6.07) is 4.79. The van der Waals surface area contributed by atoms with E-state index in [1.165, 1.54) is 12.1 Å². The van der Waals surface area contributed by atoms with E-state index in [1.807, 2.05) is 27.7 Å². The number of aliphatic hydroxyl groups excluding tert-OH is 1. The standard InChI is InChI=1S/C27H36F3NO2.C2H6/c1-7-9-16(3)24-23(25(32)18-10-12-19(13-11-18)27(28,29)30)17(4)22-20(31-24)14-26(5,6)15-21(22)33-8-2;1-2/h10-13,16,21,25,32H,7-9,14-15H2,1-6H3;1-2H3/t16?,21?,25-;/m0./s1. The molecule has 0 bridgehead atoms. The SMILES string of the molecule is CC.CCCC(C)c1nc2c(c(C)c1[C@@H](O)c1ccc(C(F)(F)F)cc1)C(OCC)CC(C)(C)C2. The molecule has 3 atom stereocenters. The molecule has 3 nitrogen and oxygen atoms in total. The number of alkyl halides is 3. The average molecular weight is 494 g/mol. The van der Waals surface area contributed by atoms with Gasteiger partial charge in [0.15, 0.2) is 0 Å². The van der Waals surface area contributed by atoms with Gasteiger partial charge in [0, 0.05) is 29.1 Å². The third kappa shape index (κ3) is 6.65. The number of hydrogen-bond acceptors (Lipinski definition) is 3. The zero-order chi connectivity index (χ0) is 26.6. The first-order valence-electron chi connectivity index (χ1n) is 12.9. The van der Waals surface area contributed by atoms with Crippen molar-refractivity contribution in [2.75, 3.05) is 6.61 Å². The number of aromatic nitrogens is 1. The maximum Gasteiger partial charge on any atom is 0.416 e. The van der Waals surface area contributed by atoms with Gasteiger partial charge in [0.2, 0.25) is 0 Å². The Balaban J connectivity index is 0.00000210.